The molecule has 2 aliphatic rings. The van der Waals surface area contributed by atoms with Crippen molar-refractivity contribution < 1.29 is 19.1 Å². The summed E-state index contributed by atoms with van der Waals surface area (Å²) >= 11 is 0. The molecule has 4 heterocycles. The molecule has 0 spiro atoms. The minimum Gasteiger partial charge on any atom is -0.382 e. The fourth-order valence-corrected chi connectivity index (χ4v) is 5.79. The number of carbonyl (C=O) groups is 3. The Morgan fingerprint density at radius 2 is 1.80 bits per heavy atom. The molecule has 2 aliphatic heterocycles. The fraction of sp³-hybridized carbons (Fsp3) is 0.455. The summed E-state index contributed by atoms with van der Waals surface area (Å²) in [5.74, 6) is -0.205. The highest BCUT2D eigenvalue weighted by Gasteiger charge is 2.36. The van der Waals surface area contributed by atoms with Gasteiger partial charge >= 0.3 is 0 Å². The minimum absolute atomic E-state index is 0.0201. The average Bonchev–Trinajstić information content (AvgIpc) is 3.54. The number of hydrogen-bond acceptors (Lipinski definition) is 10. The molecule has 3 aromatic rings. The first kappa shape index (κ1) is 31.2. The molecule has 44 heavy (non-hydrogen) atoms. The van der Waals surface area contributed by atoms with Gasteiger partial charge in [0, 0.05) is 61.7 Å². The molecule has 11 heteroatoms. The van der Waals surface area contributed by atoms with Gasteiger partial charge in [-0.25, -0.2) is 9.97 Å². The first-order valence-corrected chi connectivity index (χ1v) is 15.3. The van der Waals surface area contributed by atoms with Gasteiger partial charge in [0.2, 0.25) is 5.91 Å². The molecule has 1 amide bonds. The highest BCUT2D eigenvalue weighted by Crippen LogP contribution is 2.25. The number of aromatic nitrogens is 3. The molecule has 0 unspecified atom stereocenters. The number of likely N-dealkylation sites (tertiary alicyclic amines) is 1. The van der Waals surface area contributed by atoms with Gasteiger partial charge in [0.15, 0.2) is 17.4 Å². The third-order valence-corrected chi connectivity index (χ3v) is 8.47. The van der Waals surface area contributed by atoms with E-state index in [0.29, 0.717) is 44.7 Å². The molecule has 2 saturated heterocycles. The number of ether oxygens (including phenoxy) is 1. The molecule has 2 fully saturated rings. The molecule has 0 radical (unpaired) electrons. The Morgan fingerprint density at radius 3 is 2.52 bits per heavy atom. The maximum absolute atomic E-state index is 13.4. The van der Waals surface area contributed by atoms with Crippen molar-refractivity contribution in [2.75, 3.05) is 43.5 Å². The molecule has 11 nitrogen and oxygen atoms in total. The molecule has 0 bridgehead atoms. The number of ketones is 2. The molecule has 2 atom stereocenters. The third-order valence-electron chi connectivity index (χ3n) is 8.47. The number of amides is 1. The van der Waals surface area contributed by atoms with E-state index >= 15 is 0 Å². The van der Waals surface area contributed by atoms with Crippen molar-refractivity contribution in [3.05, 3.63) is 65.7 Å². The van der Waals surface area contributed by atoms with E-state index < -0.39 is 12.1 Å². The van der Waals surface area contributed by atoms with E-state index in [1.54, 1.807) is 23.5 Å². The van der Waals surface area contributed by atoms with Gasteiger partial charge in [0.25, 0.3) is 0 Å². The summed E-state index contributed by atoms with van der Waals surface area (Å²) in [6, 6.07) is 8.62. The maximum Gasteiger partial charge on any atom is 0.240 e. The fourth-order valence-electron chi connectivity index (χ4n) is 5.79. The number of carbonyl (C=O) groups excluding carboxylic acids is 3. The van der Waals surface area contributed by atoms with Crippen molar-refractivity contribution in [1.82, 2.24) is 19.9 Å². The van der Waals surface area contributed by atoms with Crippen LogP contribution in [0.15, 0.2) is 48.9 Å². The summed E-state index contributed by atoms with van der Waals surface area (Å²) in [5.41, 5.74) is 16.4. The van der Waals surface area contributed by atoms with Crippen LogP contribution < -0.4 is 16.4 Å². The summed E-state index contributed by atoms with van der Waals surface area (Å²) < 4.78 is 5.47. The number of pyridine rings is 1. The molecule has 232 valence electrons. The van der Waals surface area contributed by atoms with Gasteiger partial charge in [-0.1, -0.05) is 38.1 Å². The van der Waals surface area contributed by atoms with E-state index in [4.69, 9.17) is 16.2 Å². The lowest BCUT2D eigenvalue weighted by Gasteiger charge is -2.30. The van der Waals surface area contributed by atoms with Crippen LogP contribution in [0.2, 0.25) is 0 Å². The van der Waals surface area contributed by atoms with E-state index in [1.807, 2.05) is 44.2 Å². The number of nitrogens with zero attached hydrogens (tertiary/aromatic N) is 5. The van der Waals surface area contributed by atoms with Crippen LogP contribution in [0.4, 0.5) is 11.5 Å². The van der Waals surface area contributed by atoms with Crippen molar-refractivity contribution in [2.45, 2.75) is 58.0 Å². The Kier molecular flexibility index (Phi) is 9.96. The highest BCUT2D eigenvalue weighted by molar-refractivity contribution is 6.00. The Hall–Kier alpha value is -4.22. The van der Waals surface area contributed by atoms with E-state index in [9.17, 15) is 14.4 Å². The van der Waals surface area contributed by atoms with E-state index in [1.165, 1.54) is 0 Å². The lowest BCUT2D eigenvalue weighted by Crippen LogP contribution is -2.50. The quantitative estimate of drug-likeness (QED) is 0.314. The number of nitrogens with two attached hydrogens (primary N) is 2. The van der Waals surface area contributed by atoms with Crippen LogP contribution >= 0.6 is 0 Å². The predicted octanol–water partition coefficient (Wildman–Crippen LogP) is 2.86. The van der Waals surface area contributed by atoms with Gasteiger partial charge in [-0.2, -0.15) is 0 Å². The van der Waals surface area contributed by atoms with Gasteiger partial charge in [0.05, 0.1) is 37.2 Å². The number of nitrogen functional groups attached to an aromatic ring is 1. The third kappa shape index (κ3) is 7.11. The number of hydrogen-bond donors (Lipinski definition) is 2. The maximum atomic E-state index is 13.4. The van der Waals surface area contributed by atoms with Crippen LogP contribution in [0.3, 0.4) is 0 Å². The zero-order valence-electron chi connectivity index (χ0n) is 25.4. The summed E-state index contributed by atoms with van der Waals surface area (Å²) in [6.45, 7) is 7.18. The highest BCUT2D eigenvalue weighted by atomic mass is 16.5. The predicted molar refractivity (Wildman–Crippen MR) is 168 cm³/mol. The number of anilines is 2. The average molecular weight is 600 g/mol. The monoisotopic (exact) mass is 599 g/mol. The van der Waals surface area contributed by atoms with Crippen molar-refractivity contribution in [3.63, 3.8) is 0 Å². The Bertz CT molecular complexity index is 1490. The van der Waals surface area contributed by atoms with Crippen LogP contribution in [-0.4, -0.2) is 82.3 Å². The topological polar surface area (TPSA) is 158 Å². The Morgan fingerprint density at radius 1 is 1.05 bits per heavy atom. The zero-order valence-corrected chi connectivity index (χ0v) is 25.4. The number of aryl methyl sites for hydroxylation is 1. The van der Waals surface area contributed by atoms with Gasteiger partial charge in [-0.05, 0) is 36.8 Å². The first-order chi connectivity index (χ1) is 21.2. The van der Waals surface area contributed by atoms with Crippen molar-refractivity contribution in [2.24, 2.45) is 11.7 Å². The lowest BCUT2D eigenvalue weighted by molar-refractivity contribution is -0.139. The standard InChI is InChI=1S/C33H41N7O4/c1-21(2)30(34)33(43)40-13-3-4-27(40)28(41)10-7-22-5-8-23(9-6-22)25-20-37-32(35)31(38-25)29(42)18-24-19-36-12-11-26(24)39-14-16-44-17-15-39/h5-6,8-9,11-12,19-21,27,30H,3-4,7,10,13-18,34H2,1-2H3,(H2,35,37)/t27-,30-/m0/s1. The first-order valence-electron chi connectivity index (χ1n) is 15.3. The van der Waals surface area contributed by atoms with Gasteiger partial charge < -0.3 is 26.0 Å². The lowest BCUT2D eigenvalue weighted by atomic mass is 9.99. The molecule has 0 aliphatic carbocycles. The van der Waals surface area contributed by atoms with E-state index in [0.717, 1.165) is 41.9 Å². The number of Topliss-reactive ketones (excluding diaryl/α,β-unsaturated/α-hetero) is 2. The SMILES string of the molecule is CC(C)[C@H](N)C(=O)N1CCC[C@H]1C(=O)CCc1ccc(-c2cnc(N)c(C(=O)Cc3cnccc3N3CCOCC3)n2)cc1. The molecular formula is C33H41N7O4. The Labute approximate surface area is 258 Å². The summed E-state index contributed by atoms with van der Waals surface area (Å²) in [5, 5.41) is 0. The van der Waals surface area contributed by atoms with E-state index in [-0.39, 0.29) is 41.3 Å². The number of morpholine rings is 1. The molecule has 2 aromatic heterocycles. The van der Waals surface area contributed by atoms with Crippen LogP contribution in [0.25, 0.3) is 11.3 Å². The second-order valence-electron chi connectivity index (χ2n) is 11.8. The molecule has 1 aromatic carbocycles. The van der Waals surface area contributed by atoms with Crippen molar-refractivity contribution in [1.29, 1.82) is 0 Å². The van der Waals surface area contributed by atoms with Gasteiger partial charge in [0.1, 0.15) is 5.69 Å². The van der Waals surface area contributed by atoms with Gasteiger partial charge in [-0.3, -0.25) is 19.4 Å². The van der Waals surface area contributed by atoms with Crippen LogP contribution in [0, 0.1) is 5.92 Å². The second kappa shape index (κ2) is 14.0. The molecule has 4 N–H and O–H groups in total. The largest absolute Gasteiger partial charge is 0.382 e. The second-order valence-corrected chi connectivity index (χ2v) is 11.8. The summed E-state index contributed by atoms with van der Waals surface area (Å²) in [4.78, 5) is 56.2. The number of rotatable bonds is 11. The number of benzene rings is 1. The Balaban J connectivity index is 1.23. The summed E-state index contributed by atoms with van der Waals surface area (Å²) in [6.07, 6.45) is 7.48. The van der Waals surface area contributed by atoms with Crippen molar-refractivity contribution in [3.8, 4) is 11.3 Å². The normalized spacial score (nSPS) is 17.6. The van der Waals surface area contributed by atoms with Crippen LogP contribution in [-0.2, 0) is 27.2 Å². The summed E-state index contributed by atoms with van der Waals surface area (Å²) in [7, 11) is 0. The van der Waals surface area contributed by atoms with Crippen molar-refractivity contribution >= 4 is 29.0 Å². The van der Waals surface area contributed by atoms with Crippen LogP contribution in [0.1, 0.15) is 54.7 Å². The molecule has 0 saturated carbocycles. The molecular weight excluding hydrogens is 558 g/mol. The van der Waals surface area contributed by atoms with Gasteiger partial charge in [-0.15, -0.1) is 0 Å². The molecule has 5 rings (SSSR count). The van der Waals surface area contributed by atoms with Crippen LogP contribution in [0.5, 0.6) is 0 Å². The zero-order chi connectivity index (χ0) is 31.2. The minimum atomic E-state index is -0.592. The van der Waals surface area contributed by atoms with E-state index in [2.05, 4.69) is 19.9 Å². The smallest absolute Gasteiger partial charge is 0.240 e.